The third kappa shape index (κ3) is 4.32. The summed E-state index contributed by atoms with van der Waals surface area (Å²) >= 11 is 0. The molecule has 4 rings (SSSR count). The van der Waals surface area contributed by atoms with Gasteiger partial charge in [-0.25, -0.2) is 9.97 Å². The Labute approximate surface area is 174 Å². The van der Waals surface area contributed by atoms with Crippen molar-refractivity contribution in [1.82, 2.24) is 14.9 Å². The molecule has 6 heteroatoms. The van der Waals surface area contributed by atoms with Crippen LogP contribution >= 0.6 is 0 Å². The molecule has 0 bridgehead atoms. The maximum atomic E-state index is 5.56. The highest BCUT2D eigenvalue weighted by Gasteiger charge is 2.30. The molecule has 0 unspecified atom stereocenters. The number of rotatable bonds is 5. The van der Waals surface area contributed by atoms with E-state index in [-0.39, 0.29) is 0 Å². The monoisotopic (exact) mass is 395 g/mol. The van der Waals surface area contributed by atoms with Gasteiger partial charge >= 0.3 is 0 Å². The average molecular weight is 396 g/mol. The number of hydrogen-bond acceptors (Lipinski definition) is 6. The van der Waals surface area contributed by atoms with Crippen molar-refractivity contribution in [1.29, 1.82) is 0 Å². The van der Waals surface area contributed by atoms with Gasteiger partial charge in [-0.05, 0) is 38.3 Å². The third-order valence-electron chi connectivity index (χ3n) is 6.30. The summed E-state index contributed by atoms with van der Waals surface area (Å²) in [7, 11) is 1.76. The SMILES string of the molecule is CCc1cnc(C)nc1N1CCC[C@@H](N2CCN(c3ccccc3OC)CC2)C1. The minimum absolute atomic E-state index is 0.601. The molecule has 0 amide bonds. The van der Waals surface area contributed by atoms with Gasteiger partial charge in [0.2, 0.25) is 0 Å². The molecule has 1 atom stereocenters. The molecule has 0 aliphatic carbocycles. The van der Waals surface area contributed by atoms with E-state index in [1.165, 1.54) is 24.1 Å². The van der Waals surface area contributed by atoms with Gasteiger partial charge in [0.15, 0.2) is 0 Å². The second-order valence-corrected chi connectivity index (χ2v) is 8.06. The van der Waals surface area contributed by atoms with Crippen molar-refractivity contribution in [3.05, 3.63) is 41.9 Å². The van der Waals surface area contributed by atoms with Crippen LogP contribution in [0.4, 0.5) is 11.5 Å². The van der Waals surface area contributed by atoms with Gasteiger partial charge in [-0.1, -0.05) is 19.1 Å². The molecule has 1 aromatic heterocycles. The largest absolute Gasteiger partial charge is 0.495 e. The number of para-hydroxylation sites is 2. The molecule has 1 aromatic carbocycles. The quantitative estimate of drug-likeness (QED) is 0.775. The van der Waals surface area contributed by atoms with Crippen LogP contribution in [0.3, 0.4) is 0 Å². The van der Waals surface area contributed by atoms with Crippen LogP contribution in [0.1, 0.15) is 31.2 Å². The van der Waals surface area contributed by atoms with Gasteiger partial charge in [-0.3, -0.25) is 4.90 Å². The summed E-state index contributed by atoms with van der Waals surface area (Å²) in [5, 5.41) is 0. The summed E-state index contributed by atoms with van der Waals surface area (Å²) in [6.07, 6.45) is 5.49. The van der Waals surface area contributed by atoms with Crippen LogP contribution in [-0.4, -0.2) is 67.3 Å². The number of piperazine rings is 1. The van der Waals surface area contributed by atoms with Crippen molar-refractivity contribution in [2.24, 2.45) is 0 Å². The number of nitrogens with zero attached hydrogens (tertiary/aromatic N) is 5. The molecule has 0 N–H and O–H groups in total. The zero-order valence-electron chi connectivity index (χ0n) is 18.0. The Kier molecular flexibility index (Phi) is 6.19. The van der Waals surface area contributed by atoms with Gasteiger partial charge in [-0.2, -0.15) is 0 Å². The van der Waals surface area contributed by atoms with Gasteiger partial charge in [0.25, 0.3) is 0 Å². The standard InChI is InChI=1S/C23H33N5O/c1-4-19-16-24-18(2)25-23(19)28-11-7-8-20(17-28)26-12-14-27(15-13-26)21-9-5-6-10-22(21)29-3/h5-6,9-10,16,20H,4,7-8,11-15,17H2,1-3H3/t20-/m1/s1. The Morgan fingerprint density at radius 2 is 1.86 bits per heavy atom. The van der Waals surface area contributed by atoms with E-state index < -0.39 is 0 Å². The van der Waals surface area contributed by atoms with E-state index in [0.29, 0.717) is 6.04 Å². The highest BCUT2D eigenvalue weighted by Crippen LogP contribution is 2.30. The maximum absolute atomic E-state index is 5.56. The van der Waals surface area contributed by atoms with Crippen molar-refractivity contribution >= 4 is 11.5 Å². The van der Waals surface area contributed by atoms with Crippen molar-refractivity contribution in [2.45, 2.75) is 39.2 Å². The second kappa shape index (κ2) is 8.99. The maximum Gasteiger partial charge on any atom is 0.142 e. The Bertz CT molecular complexity index is 819. The molecule has 2 saturated heterocycles. The molecule has 2 aliphatic heterocycles. The minimum atomic E-state index is 0.601. The summed E-state index contributed by atoms with van der Waals surface area (Å²) in [5.41, 5.74) is 2.47. The Balaban J connectivity index is 1.41. The van der Waals surface area contributed by atoms with E-state index in [4.69, 9.17) is 9.72 Å². The van der Waals surface area contributed by atoms with Crippen LogP contribution in [0.2, 0.25) is 0 Å². The van der Waals surface area contributed by atoms with Crippen LogP contribution in [0.25, 0.3) is 0 Å². The number of hydrogen-bond donors (Lipinski definition) is 0. The van der Waals surface area contributed by atoms with Gasteiger partial charge in [-0.15, -0.1) is 0 Å². The van der Waals surface area contributed by atoms with Crippen molar-refractivity contribution in [3.63, 3.8) is 0 Å². The molecule has 2 fully saturated rings. The molecular weight excluding hydrogens is 362 g/mol. The van der Waals surface area contributed by atoms with Crippen LogP contribution in [0.15, 0.2) is 30.5 Å². The smallest absolute Gasteiger partial charge is 0.142 e. The number of aryl methyl sites for hydroxylation is 2. The van der Waals surface area contributed by atoms with Crippen molar-refractivity contribution in [2.75, 3.05) is 56.2 Å². The summed E-state index contributed by atoms with van der Waals surface area (Å²) in [5.74, 6) is 2.98. The van der Waals surface area contributed by atoms with Crippen LogP contribution in [0, 0.1) is 6.92 Å². The number of anilines is 2. The Morgan fingerprint density at radius 1 is 1.07 bits per heavy atom. The first kappa shape index (κ1) is 20.0. The summed E-state index contributed by atoms with van der Waals surface area (Å²) in [4.78, 5) is 16.8. The second-order valence-electron chi connectivity index (χ2n) is 8.06. The molecule has 0 radical (unpaired) electrons. The summed E-state index contributed by atoms with van der Waals surface area (Å²) in [6, 6.07) is 8.95. The zero-order valence-corrected chi connectivity index (χ0v) is 18.0. The van der Waals surface area contributed by atoms with E-state index in [9.17, 15) is 0 Å². The predicted octanol–water partition coefficient (Wildman–Crippen LogP) is 3.15. The molecule has 2 aromatic rings. The molecule has 3 heterocycles. The summed E-state index contributed by atoms with van der Waals surface area (Å²) in [6.45, 7) is 10.6. The zero-order chi connectivity index (χ0) is 20.2. The number of benzene rings is 1. The van der Waals surface area contributed by atoms with E-state index >= 15 is 0 Å². The fourth-order valence-electron chi connectivity index (χ4n) is 4.67. The minimum Gasteiger partial charge on any atom is -0.495 e. The number of ether oxygens (including phenoxy) is 1. The van der Waals surface area contributed by atoms with E-state index in [1.54, 1.807) is 7.11 Å². The fourth-order valence-corrected chi connectivity index (χ4v) is 4.67. The molecule has 0 saturated carbocycles. The molecule has 2 aliphatic rings. The highest BCUT2D eigenvalue weighted by molar-refractivity contribution is 5.58. The van der Waals surface area contributed by atoms with E-state index in [2.05, 4.69) is 44.8 Å². The third-order valence-corrected chi connectivity index (χ3v) is 6.30. The van der Waals surface area contributed by atoms with Crippen LogP contribution in [0.5, 0.6) is 5.75 Å². The Morgan fingerprint density at radius 3 is 2.62 bits per heavy atom. The average Bonchev–Trinajstić information content (AvgIpc) is 2.79. The highest BCUT2D eigenvalue weighted by atomic mass is 16.5. The van der Waals surface area contributed by atoms with Crippen molar-refractivity contribution in [3.8, 4) is 5.75 Å². The van der Waals surface area contributed by atoms with Gasteiger partial charge in [0, 0.05) is 57.1 Å². The molecule has 6 nitrogen and oxygen atoms in total. The predicted molar refractivity (Wildman–Crippen MR) is 118 cm³/mol. The molecule has 29 heavy (non-hydrogen) atoms. The normalized spacial score (nSPS) is 20.7. The van der Waals surface area contributed by atoms with Gasteiger partial charge < -0.3 is 14.5 Å². The van der Waals surface area contributed by atoms with Gasteiger partial charge in [0.1, 0.15) is 17.4 Å². The lowest BCUT2D eigenvalue weighted by molar-refractivity contribution is 0.166. The Hall–Kier alpha value is -2.34. The first-order chi connectivity index (χ1) is 14.2. The first-order valence-corrected chi connectivity index (χ1v) is 10.9. The fraction of sp³-hybridized carbons (Fsp3) is 0.565. The van der Waals surface area contributed by atoms with Crippen molar-refractivity contribution < 1.29 is 4.74 Å². The van der Waals surface area contributed by atoms with Crippen LogP contribution < -0.4 is 14.5 Å². The number of aromatic nitrogens is 2. The first-order valence-electron chi connectivity index (χ1n) is 10.9. The topological polar surface area (TPSA) is 44.7 Å². The van der Waals surface area contributed by atoms with E-state index in [0.717, 1.165) is 63.1 Å². The summed E-state index contributed by atoms with van der Waals surface area (Å²) < 4.78 is 5.56. The lowest BCUT2D eigenvalue weighted by Gasteiger charge is -2.44. The number of methoxy groups -OCH3 is 1. The lowest BCUT2D eigenvalue weighted by Crippen LogP contribution is -2.55. The van der Waals surface area contributed by atoms with Gasteiger partial charge in [0.05, 0.1) is 12.8 Å². The lowest BCUT2D eigenvalue weighted by atomic mass is 10.0. The molecule has 156 valence electrons. The molecular formula is C23H33N5O. The number of piperidine rings is 1. The van der Waals surface area contributed by atoms with Crippen LogP contribution in [-0.2, 0) is 6.42 Å². The van der Waals surface area contributed by atoms with E-state index in [1.807, 2.05) is 19.2 Å². The molecule has 0 spiro atoms.